The minimum Gasteiger partial charge on any atom is -0.368 e. The number of rotatable bonds is 6. The Morgan fingerprint density at radius 1 is 1.27 bits per heavy atom. The summed E-state index contributed by atoms with van der Waals surface area (Å²) in [6.45, 7) is 3.05. The summed E-state index contributed by atoms with van der Waals surface area (Å²) < 4.78 is 5.56. The lowest BCUT2D eigenvalue weighted by atomic mass is 9.91. The molecule has 1 heterocycles. The van der Waals surface area contributed by atoms with Crippen LogP contribution in [0.3, 0.4) is 0 Å². The van der Waals surface area contributed by atoms with E-state index in [0.29, 0.717) is 19.4 Å². The Labute approximate surface area is 133 Å². The molecule has 0 spiro atoms. The van der Waals surface area contributed by atoms with Crippen LogP contribution in [0.25, 0.3) is 0 Å². The van der Waals surface area contributed by atoms with Gasteiger partial charge >= 0.3 is 0 Å². The summed E-state index contributed by atoms with van der Waals surface area (Å²) in [7, 11) is 5.72. The molecule has 1 aliphatic heterocycles. The normalized spacial score (nSPS) is 17.5. The molecule has 0 atom stereocenters. The van der Waals surface area contributed by atoms with E-state index in [1.165, 1.54) is 5.56 Å². The van der Waals surface area contributed by atoms with Crippen molar-refractivity contribution < 1.29 is 9.53 Å². The van der Waals surface area contributed by atoms with Gasteiger partial charge < -0.3 is 20.3 Å². The van der Waals surface area contributed by atoms with Gasteiger partial charge in [-0.3, -0.25) is 4.79 Å². The predicted octanol–water partition coefficient (Wildman–Crippen LogP) is 1.13. The van der Waals surface area contributed by atoms with Gasteiger partial charge in [0.15, 0.2) is 0 Å². The van der Waals surface area contributed by atoms with Crippen LogP contribution in [0.4, 0.5) is 0 Å². The average molecular weight is 305 g/mol. The van der Waals surface area contributed by atoms with Crippen molar-refractivity contribution in [3.05, 3.63) is 35.4 Å². The Balaban J connectivity index is 2.01. The highest BCUT2D eigenvalue weighted by Crippen LogP contribution is 2.23. The first-order valence-corrected chi connectivity index (χ1v) is 7.83. The zero-order valence-electron chi connectivity index (χ0n) is 13.8. The third-order valence-corrected chi connectivity index (χ3v) is 4.26. The number of hydrogen-bond acceptors (Lipinski definition) is 4. The van der Waals surface area contributed by atoms with Gasteiger partial charge in [0.25, 0.3) is 5.91 Å². The number of amides is 1. The monoisotopic (exact) mass is 305 g/mol. The molecule has 1 aromatic carbocycles. The Bertz CT molecular complexity index is 496. The van der Waals surface area contributed by atoms with Gasteiger partial charge in [-0.25, -0.2) is 0 Å². The van der Waals surface area contributed by atoms with Crippen molar-refractivity contribution in [2.75, 3.05) is 34.3 Å². The molecule has 5 heteroatoms. The summed E-state index contributed by atoms with van der Waals surface area (Å²) in [5.74, 6) is -0.00356. The van der Waals surface area contributed by atoms with Crippen LogP contribution >= 0.6 is 0 Å². The van der Waals surface area contributed by atoms with E-state index in [1.54, 1.807) is 7.11 Å². The molecular formula is C17H27N3O2. The van der Waals surface area contributed by atoms with Gasteiger partial charge in [-0.1, -0.05) is 24.3 Å². The molecule has 0 aliphatic carbocycles. The summed E-state index contributed by atoms with van der Waals surface area (Å²) in [5, 5.41) is 6.33. The number of methoxy groups -OCH3 is 1. The highest BCUT2D eigenvalue weighted by atomic mass is 16.5. The Hall–Kier alpha value is -1.43. The highest BCUT2D eigenvalue weighted by Gasteiger charge is 2.39. The topological polar surface area (TPSA) is 53.6 Å². The zero-order valence-corrected chi connectivity index (χ0v) is 13.8. The lowest BCUT2D eigenvalue weighted by molar-refractivity contribution is -0.146. The van der Waals surface area contributed by atoms with Crippen LogP contribution in [0.1, 0.15) is 24.0 Å². The van der Waals surface area contributed by atoms with E-state index in [0.717, 1.165) is 25.2 Å². The third-order valence-electron chi connectivity index (χ3n) is 4.26. The van der Waals surface area contributed by atoms with Crippen LogP contribution in [-0.2, 0) is 22.6 Å². The van der Waals surface area contributed by atoms with Gasteiger partial charge in [-0.2, -0.15) is 0 Å². The lowest BCUT2D eigenvalue weighted by Crippen LogP contribution is -2.54. The average Bonchev–Trinajstić information content (AvgIpc) is 2.54. The van der Waals surface area contributed by atoms with Crippen LogP contribution in [-0.4, -0.2) is 50.7 Å². The highest BCUT2D eigenvalue weighted by molar-refractivity contribution is 5.85. The number of carbonyl (C=O) groups is 1. The van der Waals surface area contributed by atoms with Gasteiger partial charge in [0, 0.05) is 20.2 Å². The second-order valence-electron chi connectivity index (χ2n) is 6.14. The van der Waals surface area contributed by atoms with Crippen molar-refractivity contribution in [3.63, 3.8) is 0 Å². The molecule has 122 valence electrons. The molecule has 1 fully saturated rings. The first-order valence-electron chi connectivity index (χ1n) is 7.83. The van der Waals surface area contributed by atoms with Crippen LogP contribution in [0.2, 0.25) is 0 Å². The minimum atomic E-state index is -0.679. The van der Waals surface area contributed by atoms with Crippen molar-refractivity contribution in [1.29, 1.82) is 0 Å². The van der Waals surface area contributed by atoms with E-state index >= 15 is 0 Å². The molecule has 5 nitrogen and oxygen atoms in total. The molecule has 2 N–H and O–H groups in total. The fourth-order valence-electron chi connectivity index (χ4n) is 2.92. The first-order chi connectivity index (χ1) is 10.6. The first kappa shape index (κ1) is 16.9. The largest absolute Gasteiger partial charge is 0.368 e. The summed E-state index contributed by atoms with van der Waals surface area (Å²) in [5.41, 5.74) is 1.72. The quantitative estimate of drug-likeness (QED) is 0.827. The molecule has 1 saturated heterocycles. The molecule has 1 aromatic rings. The number of ether oxygens (including phenoxy) is 1. The number of carbonyl (C=O) groups excluding carboxylic acids is 1. The molecule has 0 aromatic heterocycles. The molecular weight excluding hydrogens is 278 g/mol. The van der Waals surface area contributed by atoms with E-state index in [4.69, 9.17) is 4.74 Å². The SMILES string of the molecule is COC1(C(=O)NCc2ccccc2CN(C)C)CCNCC1. The molecule has 22 heavy (non-hydrogen) atoms. The van der Waals surface area contributed by atoms with Crippen LogP contribution in [0.5, 0.6) is 0 Å². The van der Waals surface area contributed by atoms with Crippen molar-refractivity contribution in [3.8, 4) is 0 Å². The van der Waals surface area contributed by atoms with Crippen LogP contribution < -0.4 is 10.6 Å². The number of nitrogens with zero attached hydrogens (tertiary/aromatic N) is 1. The van der Waals surface area contributed by atoms with Crippen LogP contribution in [0, 0.1) is 0 Å². The van der Waals surface area contributed by atoms with Crippen molar-refractivity contribution >= 4 is 5.91 Å². The van der Waals surface area contributed by atoms with E-state index in [2.05, 4.69) is 27.7 Å². The fourth-order valence-corrected chi connectivity index (χ4v) is 2.92. The number of hydrogen-bond donors (Lipinski definition) is 2. The number of nitrogens with one attached hydrogen (secondary N) is 2. The smallest absolute Gasteiger partial charge is 0.252 e. The van der Waals surface area contributed by atoms with E-state index in [9.17, 15) is 4.79 Å². The second kappa shape index (κ2) is 7.72. The predicted molar refractivity (Wildman–Crippen MR) is 87.5 cm³/mol. The van der Waals surface area contributed by atoms with Gasteiger partial charge in [0.05, 0.1) is 0 Å². The van der Waals surface area contributed by atoms with E-state index in [1.807, 2.05) is 26.2 Å². The third kappa shape index (κ3) is 4.06. The van der Waals surface area contributed by atoms with E-state index in [-0.39, 0.29) is 5.91 Å². The summed E-state index contributed by atoms with van der Waals surface area (Å²) in [6, 6.07) is 8.23. The molecule has 0 saturated carbocycles. The Morgan fingerprint density at radius 3 is 2.50 bits per heavy atom. The van der Waals surface area contributed by atoms with Gasteiger partial charge in [0.1, 0.15) is 5.60 Å². The summed E-state index contributed by atoms with van der Waals surface area (Å²) >= 11 is 0. The maximum Gasteiger partial charge on any atom is 0.252 e. The van der Waals surface area contributed by atoms with Crippen molar-refractivity contribution in [1.82, 2.24) is 15.5 Å². The molecule has 2 rings (SSSR count). The molecule has 0 bridgehead atoms. The molecule has 1 aliphatic rings. The fraction of sp³-hybridized carbons (Fsp3) is 0.588. The summed E-state index contributed by atoms with van der Waals surface area (Å²) in [6.07, 6.45) is 1.43. The van der Waals surface area contributed by atoms with Gasteiger partial charge in [-0.05, 0) is 51.2 Å². The summed E-state index contributed by atoms with van der Waals surface area (Å²) in [4.78, 5) is 14.7. The van der Waals surface area contributed by atoms with Gasteiger partial charge in [-0.15, -0.1) is 0 Å². The maximum atomic E-state index is 12.6. The maximum absolute atomic E-state index is 12.6. The molecule has 1 amide bonds. The number of benzene rings is 1. The lowest BCUT2D eigenvalue weighted by Gasteiger charge is -2.34. The second-order valence-corrected chi connectivity index (χ2v) is 6.14. The van der Waals surface area contributed by atoms with Crippen molar-refractivity contribution in [2.24, 2.45) is 0 Å². The standard InChI is InChI=1S/C17H27N3O2/c1-20(2)13-15-7-5-4-6-14(15)12-19-16(21)17(22-3)8-10-18-11-9-17/h4-7,18H,8-13H2,1-3H3,(H,19,21). The van der Waals surface area contributed by atoms with Crippen LogP contribution in [0.15, 0.2) is 24.3 Å². The molecule has 0 radical (unpaired) electrons. The Kier molecular flexibility index (Phi) is 5.94. The van der Waals surface area contributed by atoms with Gasteiger partial charge in [0.2, 0.25) is 0 Å². The minimum absolute atomic E-state index is 0.00356. The molecule has 0 unspecified atom stereocenters. The number of piperidine rings is 1. The zero-order chi connectivity index (χ0) is 16.0. The van der Waals surface area contributed by atoms with E-state index < -0.39 is 5.60 Å². The van der Waals surface area contributed by atoms with Crippen molar-refractivity contribution in [2.45, 2.75) is 31.5 Å². The Morgan fingerprint density at radius 2 is 1.91 bits per heavy atom.